The summed E-state index contributed by atoms with van der Waals surface area (Å²) in [5, 5.41) is 0.731. The predicted molar refractivity (Wildman–Crippen MR) is 133 cm³/mol. The number of carbonyl (C=O) groups is 1. The lowest BCUT2D eigenvalue weighted by Crippen LogP contribution is -2.39. The molecule has 0 spiro atoms. The van der Waals surface area contributed by atoms with E-state index in [0.29, 0.717) is 12.1 Å². The van der Waals surface area contributed by atoms with E-state index in [2.05, 4.69) is 11.0 Å². The largest absolute Gasteiger partial charge is 0.497 e. The number of benzene rings is 2. The lowest BCUT2D eigenvalue weighted by Gasteiger charge is -2.27. The van der Waals surface area contributed by atoms with Gasteiger partial charge in [0.15, 0.2) is 5.13 Å². The molecule has 3 aromatic rings. The van der Waals surface area contributed by atoms with E-state index in [1.165, 1.54) is 11.3 Å². The molecular formula is C24H30ClN3O3S. The minimum absolute atomic E-state index is 0. The van der Waals surface area contributed by atoms with Gasteiger partial charge < -0.3 is 9.47 Å². The van der Waals surface area contributed by atoms with E-state index in [9.17, 15) is 4.79 Å². The van der Waals surface area contributed by atoms with Gasteiger partial charge in [0.1, 0.15) is 5.75 Å². The van der Waals surface area contributed by atoms with Gasteiger partial charge in [-0.25, -0.2) is 4.98 Å². The standard InChI is InChI=1S/C24H29N3O3S.ClH/c1-17-13-18(2)15-19(14-17)23(28)27(8-4-7-26-9-11-30-12-10-26)24-25-21-6-5-20(29-3)16-22(21)31-24;/h5-6,13-16H,4,7-12H2,1-3H3;1H. The molecule has 2 aromatic carbocycles. The number of methoxy groups -OCH3 is 1. The number of thiazole rings is 1. The van der Waals surface area contributed by atoms with Gasteiger partial charge in [0.2, 0.25) is 0 Å². The van der Waals surface area contributed by atoms with E-state index in [1.54, 1.807) is 7.11 Å². The first-order valence-electron chi connectivity index (χ1n) is 10.7. The maximum Gasteiger partial charge on any atom is 0.260 e. The van der Waals surface area contributed by atoms with Crippen LogP contribution in [0.5, 0.6) is 5.75 Å². The highest BCUT2D eigenvalue weighted by Gasteiger charge is 2.22. The number of anilines is 1. The van der Waals surface area contributed by atoms with Gasteiger partial charge in [-0.2, -0.15) is 0 Å². The molecule has 0 radical (unpaired) electrons. The summed E-state index contributed by atoms with van der Waals surface area (Å²) in [4.78, 5) is 22.6. The molecule has 172 valence electrons. The molecule has 8 heteroatoms. The van der Waals surface area contributed by atoms with E-state index in [4.69, 9.17) is 14.5 Å². The maximum absolute atomic E-state index is 13.6. The van der Waals surface area contributed by atoms with E-state index >= 15 is 0 Å². The zero-order chi connectivity index (χ0) is 21.8. The molecule has 0 atom stereocenters. The third-order valence-corrected chi connectivity index (χ3v) is 6.53. The first kappa shape index (κ1) is 24.5. The average Bonchev–Trinajstić information content (AvgIpc) is 3.19. The Balaban J connectivity index is 0.00000289. The lowest BCUT2D eigenvalue weighted by molar-refractivity contribution is 0.0376. The highest BCUT2D eigenvalue weighted by molar-refractivity contribution is 7.22. The molecule has 0 aliphatic carbocycles. The topological polar surface area (TPSA) is 54.9 Å². The molecule has 1 aliphatic heterocycles. The fourth-order valence-electron chi connectivity index (χ4n) is 3.95. The Bertz CT molecular complexity index is 1050. The van der Waals surface area contributed by atoms with E-state index in [0.717, 1.165) is 71.5 Å². The number of aromatic nitrogens is 1. The number of amides is 1. The molecule has 6 nitrogen and oxygen atoms in total. The third-order valence-electron chi connectivity index (χ3n) is 5.49. The van der Waals surface area contributed by atoms with Crippen LogP contribution in [0, 0.1) is 13.8 Å². The van der Waals surface area contributed by atoms with Gasteiger partial charge in [-0.1, -0.05) is 28.5 Å². The molecule has 1 saturated heterocycles. The van der Waals surface area contributed by atoms with Crippen molar-refractivity contribution in [3.8, 4) is 5.75 Å². The molecule has 0 saturated carbocycles. The number of ether oxygens (including phenoxy) is 2. The molecule has 0 unspecified atom stereocenters. The second-order valence-electron chi connectivity index (χ2n) is 7.97. The van der Waals surface area contributed by atoms with Crippen molar-refractivity contribution in [3.05, 3.63) is 53.1 Å². The van der Waals surface area contributed by atoms with E-state index in [1.807, 2.05) is 49.1 Å². The minimum Gasteiger partial charge on any atom is -0.497 e. The number of hydrogen-bond donors (Lipinski definition) is 0. The summed E-state index contributed by atoms with van der Waals surface area (Å²) in [5.74, 6) is 0.794. The number of halogens is 1. The van der Waals surface area contributed by atoms with Gasteiger partial charge in [0.25, 0.3) is 5.91 Å². The van der Waals surface area contributed by atoms with Gasteiger partial charge in [-0.05, 0) is 50.6 Å². The van der Waals surface area contributed by atoms with Crippen LogP contribution in [0.15, 0.2) is 36.4 Å². The fourth-order valence-corrected chi connectivity index (χ4v) is 4.97. The molecular weight excluding hydrogens is 446 g/mol. The van der Waals surface area contributed by atoms with Crippen LogP contribution in [-0.4, -0.2) is 62.3 Å². The number of hydrogen-bond acceptors (Lipinski definition) is 6. The van der Waals surface area contributed by atoms with Gasteiger partial charge in [-0.3, -0.25) is 14.6 Å². The Morgan fingerprint density at radius 3 is 2.56 bits per heavy atom. The Labute approximate surface area is 199 Å². The number of fused-ring (bicyclic) bond motifs is 1. The van der Waals surface area contributed by atoms with Gasteiger partial charge >= 0.3 is 0 Å². The van der Waals surface area contributed by atoms with Crippen LogP contribution in [0.25, 0.3) is 10.2 Å². The second-order valence-corrected chi connectivity index (χ2v) is 8.98. The van der Waals surface area contributed by atoms with Crippen LogP contribution in [0.1, 0.15) is 27.9 Å². The SMILES string of the molecule is COc1ccc2nc(N(CCCN3CCOCC3)C(=O)c3cc(C)cc(C)c3)sc2c1.Cl. The maximum atomic E-state index is 13.6. The van der Waals surface area contributed by atoms with Crippen LogP contribution in [0.4, 0.5) is 5.13 Å². The van der Waals surface area contributed by atoms with Crippen LogP contribution in [0.3, 0.4) is 0 Å². The van der Waals surface area contributed by atoms with Gasteiger partial charge in [-0.15, -0.1) is 12.4 Å². The quantitative estimate of drug-likeness (QED) is 0.495. The number of carbonyl (C=O) groups excluding carboxylic acids is 1. The van der Waals surface area contributed by atoms with Crippen molar-refractivity contribution in [1.82, 2.24) is 9.88 Å². The summed E-state index contributed by atoms with van der Waals surface area (Å²) in [7, 11) is 1.66. The summed E-state index contributed by atoms with van der Waals surface area (Å²) in [5.41, 5.74) is 3.77. The molecule has 1 aromatic heterocycles. The van der Waals surface area contributed by atoms with Crippen LogP contribution >= 0.6 is 23.7 Å². The van der Waals surface area contributed by atoms with Crippen molar-refractivity contribution < 1.29 is 14.3 Å². The second kappa shape index (κ2) is 11.1. The first-order valence-corrected chi connectivity index (χ1v) is 11.5. The molecule has 1 amide bonds. The first-order chi connectivity index (χ1) is 15.0. The highest BCUT2D eigenvalue weighted by Crippen LogP contribution is 2.32. The summed E-state index contributed by atoms with van der Waals surface area (Å²) < 4.78 is 11.8. The molecule has 2 heterocycles. The molecule has 0 bridgehead atoms. The minimum atomic E-state index is -0.000186. The van der Waals surface area contributed by atoms with Crippen molar-refractivity contribution in [1.29, 1.82) is 0 Å². The summed E-state index contributed by atoms with van der Waals surface area (Å²) in [6, 6.07) is 11.8. The number of nitrogens with zero attached hydrogens (tertiary/aromatic N) is 3. The monoisotopic (exact) mass is 475 g/mol. The van der Waals surface area contributed by atoms with E-state index < -0.39 is 0 Å². The normalized spacial score (nSPS) is 14.2. The third kappa shape index (κ3) is 5.78. The summed E-state index contributed by atoms with van der Waals surface area (Å²) >= 11 is 1.53. The van der Waals surface area contributed by atoms with Crippen molar-refractivity contribution in [2.45, 2.75) is 20.3 Å². The number of rotatable bonds is 7. The Kier molecular flexibility index (Phi) is 8.48. The van der Waals surface area contributed by atoms with Crippen LogP contribution in [0.2, 0.25) is 0 Å². The fraction of sp³-hybridized carbons (Fsp3) is 0.417. The van der Waals surface area contributed by atoms with E-state index in [-0.39, 0.29) is 18.3 Å². The van der Waals surface area contributed by atoms with Crippen molar-refractivity contribution >= 4 is 45.0 Å². The van der Waals surface area contributed by atoms with Gasteiger partial charge in [0, 0.05) is 31.7 Å². The van der Waals surface area contributed by atoms with Gasteiger partial charge in [0.05, 0.1) is 30.5 Å². The zero-order valence-electron chi connectivity index (χ0n) is 18.8. The van der Waals surface area contributed by atoms with Crippen molar-refractivity contribution in [2.24, 2.45) is 0 Å². The van der Waals surface area contributed by atoms with Crippen molar-refractivity contribution in [3.63, 3.8) is 0 Å². The predicted octanol–water partition coefficient (Wildman–Crippen LogP) is 4.71. The molecule has 1 aliphatic rings. The van der Waals surface area contributed by atoms with Crippen molar-refractivity contribution in [2.75, 3.05) is 51.4 Å². The smallest absolute Gasteiger partial charge is 0.260 e. The molecule has 0 N–H and O–H groups in total. The summed E-state index contributed by atoms with van der Waals surface area (Å²) in [6.07, 6.45) is 0.885. The number of morpholine rings is 1. The Morgan fingerprint density at radius 2 is 1.88 bits per heavy atom. The summed E-state index contributed by atoms with van der Waals surface area (Å²) in [6.45, 7) is 9.08. The Hall–Kier alpha value is -2.19. The molecule has 32 heavy (non-hydrogen) atoms. The van der Waals surface area contributed by atoms with Crippen LogP contribution < -0.4 is 9.64 Å². The number of aryl methyl sites for hydroxylation is 2. The Morgan fingerprint density at radius 1 is 1.16 bits per heavy atom. The zero-order valence-corrected chi connectivity index (χ0v) is 20.4. The molecule has 4 rings (SSSR count). The molecule has 1 fully saturated rings. The average molecular weight is 476 g/mol. The lowest BCUT2D eigenvalue weighted by atomic mass is 10.1. The van der Waals surface area contributed by atoms with Crippen LogP contribution in [-0.2, 0) is 4.74 Å². The highest BCUT2D eigenvalue weighted by atomic mass is 35.5.